The van der Waals surface area contributed by atoms with Crippen molar-refractivity contribution in [2.45, 2.75) is 20.0 Å². The predicted molar refractivity (Wildman–Crippen MR) is 62.1 cm³/mol. The molecule has 1 aromatic heterocycles. The van der Waals surface area contributed by atoms with Gasteiger partial charge >= 0.3 is 0 Å². The first-order valence-electron chi connectivity index (χ1n) is 4.84. The number of aliphatic hydroxyl groups is 1. The van der Waals surface area contributed by atoms with Crippen LogP contribution in [0.2, 0.25) is 0 Å². The summed E-state index contributed by atoms with van der Waals surface area (Å²) in [6, 6.07) is 7.84. The number of rotatable bonds is 2. The summed E-state index contributed by atoms with van der Waals surface area (Å²) >= 11 is 1.56. The molecule has 1 unspecified atom stereocenters. The summed E-state index contributed by atoms with van der Waals surface area (Å²) in [5, 5.41) is 13.0. The number of aliphatic hydroxyl groups excluding tert-OH is 1. The molecular weight excluding hydrogens is 206 g/mol. The van der Waals surface area contributed by atoms with Crippen LogP contribution in [-0.4, -0.2) is 10.1 Å². The van der Waals surface area contributed by atoms with Crippen molar-refractivity contribution in [1.29, 1.82) is 0 Å². The molecule has 0 spiro atoms. The Morgan fingerprint density at radius 1 is 1.27 bits per heavy atom. The first-order valence-corrected chi connectivity index (χ1v) is 5.72. The van der Waals surface area contributed by atoms with Gasteiger partial charge in [0, 0.05) is 5.38 Å². The fraction of sp³-hybridized carbons (Fsp3) is 0.250. The van der Waals surface area contributed by atoms with Gasteiger partial charge in [-0.2, -0.15) is 0 Å². The quantitative estimate of drug-likeness (QED) is 0.842. The Morgan fingerprint density at radius 3 is 2.60 bits per heavy atom. The van der Waals surface area contributed by atoms with E-state index in [0.29, 0.717) is 0 Å². The predicted octanol–water partition coefficient (Wildman–Crippen LogP) is 2.84. The van der Waals surface area contributed by atoms with Crippen LogP contribution in [0.25, 0.3) is 0 Å². The number of thiazole rings is 1. The lowest BCUT2D eigenvalue weighted by Crippen LogP contribution is -2.02. The van der Waals surface area contributed by atoms with Crippen molar-refractivity contribution in [3.05, 3.63) is 51.5 Å². The molecule has 1 N–H and O–H groups in total. The van der Waals surface area contributed by atoms with E-state index in [9.17, 15) is 5.11 Å². The van der Waals surface area contributed by atoms with Crippen LogP contribution >= 0.6 is 11.3 Å². The molecule has 0 aliphatic heterocycles. The van der Waals surface area contributed by atoms with Crippen LogP contribution in [0.3, 0.4) is 0 Å². The third-order valence-corrected chi connectivity index (χ3v) is 3.19. The molecule has 15 heavy (non-hydrogen) atoms. The summed E-state index contributed by atoms with van der Waals surface area (Å²) in [4.78, 5) is 4.30. The van der Waals surface area contributed by atoms with E-state index in [4.69, 9.17) is 0 Å². The molecule has 78 valence electrons. The smallest absolute Gasteiger partial charge is 0.122 e. The molecule has 0 aliphatic rings. The SMILES string of the molecule is Cc1nc(C(O)c2ccccc2C)cs1. The van der Waals surface area contributed by atoms with Crippen LogP contribution in [0.4, 0.5) is 0 Å². The number of benzene rings is 1. The number of hydrogen-bond acceptors (Lipinski definition) is 3. The van der Waals surface area contributed by atoms with Gasteiger partial charge in [-0.15, -0.1) is 11.3 Å². The first kappa shape index (κ1) is 10.3. The number of aryl methyl sites for hydroxylation is 2. The van der Waals surface area contributed by atoms with Crippen LogP contribution < -0.4 is 0 Å². The van der Waals surface area contributed by atoms with Gasteiger partial charge < -0.3 is 5.11 Å². The highest BCUT2D eigenvalue weighted by atomic mass is 32.1. The van der Waals surface area contributed by atoms with E-state index in [2.05, 4.69) is 4.98 Å². The van der Waals surface area contributed by atoms with Crippen LogP contribution in [-0.2, 0) is 0 Å². The molecule has 2 aromatic rings. The minimum atomic E-state index is -0.601. The summed E-state index contributed by atoms with van der Waals surface area (Å²) in [6.45, 7) is 3.94. The standard InChI is InChI=1S/C12H13NOS/c1-8-5-3-4-6-10(8)12(14)11-7-15-9(2)13-11/h3-7,12,14H,1-2H3. The Balaban J connectivity index is 2.36. The van der Waals surface area contributed by atoms with Crippen molar-refractivity contribution in [1.82, 2.24) is 4.98 Å². The molecule has 0 amide bonds. The van der Waals surface area contributed by atoms with Crippen molar-refractivity contribution in [2.75, 3.05) is 0 Å². The minimum absolute atomic E-state index is 0.601. The summed E-state index contributed by atoms with van der Waals surface area (Å²) in [7, 11) is 0. The molecule has 0 saturated heterocycles. The van der Waals surface area contributed by atoms with Crippen LogP contribution in [0.5, 0.6) is 0 Å². The molecule has 0 aliphatic carbocycles. The molecular formula is C12H13NOS. The lowest BCUT2D eigenvalue weighted by molar-refractivity contribution is 0.215. The highest BCUT2D eigenvalue weighted by molar-refractivity contribution is 7.09. The molecule has 0 bridgehead atoms. The van der Waals surface area contributed by atoms with E-state index >= 15 is 0 Å². The maximum Gasteiger partial charge on any atom is 0.122 e. The summed E-state index contributed by atoms with van der Waals surface area (Å²) in [6.07, 6.45) is -0.601. The Labute approximate surface area is 93.2 Å². The van der Waals surface area contributed by atoms with Crippen LogP contribution in [0.15, 0.2) is 29.6 Å². The molecule has 1 aromatic carbocycles. The summed E-state index contributed by atoms with van der Waals surface area (Å²) < 4.78 is 0. The third-order valence-electron chi connectivity index (χ3n) is 2.40. The highest BCUT2D eigenvalue weighted by Crippen LogP contribution is 2.25. The number of nitrogens with zero attached hydrogens (tertiary/aromatic N) is 1. The molecule has 0 fully saturated rings. The van der Waals surface area contributed by atoms with Crippen molar-refractivity contribution in [2.24, 2.45) is 0 Å². The van der Waals surface area contributed by atoms with Crippen molar-refractivity contribution < 1.29 is 5.11 Å². The molecule has 3 heteroatoms. The summed E-state index contributed by atoms with van der Waals surface area (Å²) in [5.74, 6) is 0. The molecule has 1 heterocycles. The van der Waals surface area contributed by atoms with Gasteiger partial charge in [-0.3, -0.25) is 0 Å². The zero-order valence-electron chi connectivity index (χ0n) is 8.77. The van der Waals surface area contributed by atoms with Crippen molar-refractivity contribution in [3.8, 4) is 0 Å². The molecule has 0 radical (unpaired) electrons. The van der Waals surface area contributed by atoms with Gasteiger partial charge in [-0.1, -0.05) is 24.3 Å². The van der Waals surface area contributed by atoms with E-state index in [1.54, 1.807) is 11.3 Å². The van der Waals surface area contributed by atoms with Gasteiger partial charge in [0.15, 0.2) is 0 Å². The molecule has 1 atom stereocenters. The normalized spacial score (nSPS) is 12.7. The summed E-state index contributed by atoms with van der Waals surface area (Å²) in [5.41, 5.74) is 2.77. The Hall–Kier alpha value is -1.19. The maximum atomic E-state index is 10.1. The average molecular weight is 219 g/mol. The second kappa shape index (κ2) is 4.13. The van der Waals surface area contributed by atoms with Crippen LogP contribution in [0, 0.1) is 13.8 Å². The molecule has 0 saturated carbocycles. The highest BCUT2D eigenvalue weighted by Gasteiger charge is 2.14. The first-order chi connectivity index (χ1) is 7.18. The number of aromatic nitrogens is 1. The minimum Gasteiger partial charge on any atom is -0.382 e. The largest absolute Gasteiger partial charge is 0.382 e. The van der Waals surface area contributed by atoms with E-state index in [1.165, 1.54) is 0 Å². The third kappa shape index (κ3) is 2.08. The second-order valence-corrected chi connectivity index (χ2v) is 4.61. The molecule has 2 nitrogen and oxygen atoms in total. The lowest BCUT2D eigenvalue weighted by atomic mass is 10.0. The topological polar surface area (TPSA) is 33.1 Å². The van der Waals surface area contributed by atoms with E-state index in [0.717, 1.165) is 21.8 Å². The van der Waals surface area contributed by atoms with Gasteiger partial charge in [-0.25, -0.2) is 4.98 Å². The van der Waals surface area contributed by atoms with Gasteiger partial charge in [0.05, 0.1) is 10.7 Å². The Kier molecular flexibility index (Phi) is 2.84. The zero-order valence-corrected chi connectivity index (χ0v) is 9.58. The molecule has 2 rings (SSSR count). The van der Waals surface area contributed by atoms with Crippen LogP contribution in [0.1, 0.15) is 27.9 Å². The Bertz CT molecular complexity index is 464. The monoisotopic (exact) mass is 219 g/mol. The van der Waals surface area contributed by atoms with Gasteiger partial charge in [0.25, 0.3) is 0 Å². The van der Waals surface area contributed by atoms with E-state index < -0.39 is 6.10 Å². The van der Waals surface area contributed by atoms with E-state index in [1.807, 2.05) is 43.5 Å². The zero-order chi connectivity index (χ0) is 10.8. The number of hydrogen-bond donors (Lipinski definition) is 1. The maximum absolute atomic E-state index is 10.1. The van der Waals surface area contributed by atoms with Crippen molar-refractivity contribution >= 4 is 11.3 Å². The van der Waals surface area contributed by atoms with Gasteiger partial charge in [0.1, 0.15) is 6.10 Å². The van der Waals surface area contributed by atoms with Crippen molar-refractivity contribution in [3.63, 3.8) is 0 Å². The van der Waals surface area contributed by atoms with Gasteiger partial charge in [-0.05, 0) is 25.0 Å². The lowest BCUT2D eigenvalue weighted by Gasteiger charge is -2.10. The fourth-order valence-corrected chi connectivity index (χ4v) is 2.19. The fourth-order valence-electron chi connectivity index (χ4n) is 1.56. The average Bonchev–Trinajstić information content (AvgIpc) is 2.65. The van der Waals surface area contributed by atoms with E-state index in [-0.39, 0.29) is 0 Å². The van der Waals surface area contributed by atoms with Gasteiger partial charge in [0.2, 0.25) is 0 Å². The Morgan fingerprint density at radius 2 is 2.00 bits per heavy atom. The second-order valence-electron chi connectivity index (χ2n) is 3.55.